The zero-order valence-electron chi connectivity index (χ0n) is 9.25. The van der Waals surface area contributed by atoms with Gasteiger partial charge in [-0.05, 0) is 0 Å². The van der Waals surface area contributed by atoms with E-state index in [1.54, 1.807) is 6.07 Å². The summed E-state index contributed by atoms with van der Waals surface area (Å²) in [5, 5.41) is 1.30. The van der Waals surface area contributed by atoms with Crippen LogP contribution in [0.25, 0.3) is 10.9 Å². The molecular formula is C11H10Cl2N2O2. The van der Waals surface area contributed by atoms with E-state index in [0.29, 0.717) is 38.1 Å². The molecule has 90 valence electrons. The van der Waals surface area contributed by atoms with Gasteiger partial charge in [0, 0.05) is 6.07 Å². The number of pyridine rings is 1. The highest BCUT2D eigenvalue weighted by Gasteiger charge is 2.17. The van der Waals surface area contributed by atoms with Gasteiger partial charge >= 0.3 is 0 Å². The molecule has 0 amide bonds. The lowest BCUT2D eigenvalue weighted by atomic mass is 10.1. The summed E-state index contributed by atoms with van der Waals surface area (Å²) in [6.07, 6.45) is 1.47. The Balaban J connectivity index is 2.98. The molecule has 6 heteroatoms. The van der Waals surface area contributed by atoms with Gasteiger partial charge in [-0.3, -0.25) is 0 Å². The smallest absolute Gasteiger partial charge is 0.148 e. The number of benzene rings is 1. The number of methoxy groups -OCH3 is 2. The first-order valence-corrected chi connectivity index (χ1v) is 5.50. The Kier molecular flexibility index (Phi) is 3.17. The number of nitrogens with two attached hydrogens (primary N) is 1. The molecule has 0 aliphatic rings. The summed E-state index contributed by atoms with van der Waals surface area (Å²) in [7, 11) is 3.04. The van der Waals surface area contributed by atoms with Gasteiger partial charge in [-0.1, -0.05) is 23.2 Å². The lowest BCUT2D eigenvalue weighted by Gasteiger charge is -2.13. The van der Waals surface area contributed by atoms with Gasteiger partial charge in [0.15, 0.2) is 0 Å². The van der Waals surface area contributed by atoms with Crippen molar-refractivity contribution in [3.8, 4) is 11.5 Å². The minimum absolute atomic E-state index is 0.354. The monoisotopic (exact) mass is 272 g/mol. The van der Waals surface area contributed by atoms with Gasteiger partial charge in [-0.15, -0.1) is 0 Å². The molecule has 4 nitrogen and oxygen atoms in total. The molecule has 0 atom stereocenters. The van der Waals surface area contributed by atoms with Crippen LogP contribution in [0.5, 0.6) is 11.5 Å². The van der Waals surface area contributed by atoms with Crippen molar-refractivity contribution in [2.45, 2.75) is 0 Å². The van der Waals surface area contributed by atoms with Crippen molar-refractivity contribution in [2.24, 2.45) is 0 Å². The van der Waals surface area contributed by atoms with Crippen molar-refractivity contribution >= 4 is 39.8 Å². The van der Waals surface area contributed by atoms with E-state index in [1.165, 1.54) is 20.4 Å². The lowest BCUT2D eigenvalue weighted by molar-refractivity contribution is 0.410. The molecule has 0 radical (unpaired) electrons. The summed E-state index contributed by atoms with van der Waals surface area (Å²) in [5.41, 5.74) is 6.64. The Bertz CT molecular complexity index is 587. The fourth-order valence-electron chi connectivity index (χ4n) is 1.62. The normalized spacial score (nSPS) is 10.6. The van der Waals surface area contributed by atoms with Gasteiger partial charge in [-0.25, -0.2) is 4.98 Å². The van der Waals surface area contributed by atoms with Crippen LogP contribution in [0.2, 0.25) is 10.0 Å². The standard InChI is InChI=1S/C11H10Cl2N2O2/c1-16-7-3-5(12)11(17-2)8-9(13)6(14)4-15-10(7)8/h3-4H,14H2,1-2H3. The van der Waals surface area contributed by atoms with Gasteiger partial charge < -0.3 is 15.2 Å². The lowest BCUT2D eigenvalue weighted by Crippen LogP contribution is -1.96. The molecule has 0 saturated heterocycles. The number of ether oxygens (including phenoxy) is 2. The van der Waals surface area contributed by atoms with Crippen molar-refractivity contribution in [1.29, 1.82) is 0 Å². The first-order chi connectivity index (χ1) is 8.10. The molecule has 0 spiro atoms. The Morgan fingerprint density at radius 3 is 2.53 bits per heavy atom. The maximum atomic E-state index is 6.15. The highest BCUT2D eigenvalue weighted by molar-refractivity contribution is 6.40. The van der Waals surface area contributed by atoms with Gasteiger partial charge in [-0.2, -0.15) is 0 Å². The number of hydrogen-bond acceptors (Lipinski definition) is 4. The zero-order chi connectivity index (χ0) is 12.6. The van der Waals surface area contributed by atoms with Crippen molar-refractivity contribution < 1.29 is 9.47 Å². The molecule has 1 aromatic carbocycles. The number of anilines is 1. The Hall–Kier alpha value is -1.39. The maximum Gasteiger partial charge on any atom is 0.148 e. The van der Waals surface area contributed by atoms with E-state index in [9.17, 15) is 0 Å². The molecule has 1 heterocycles. The average molecular weight is 273 g/mol. The molecule has 0 bridgehead atoms. The minimum Gasteiger partial charge on any atom is -0.494 e. The number of fused-ring (bicyclic) bond motifs is 1. The van der Waals surface area contributed by atoms with Crippen LogP contribution in [0.4, 0.5) is 5.69 Å². The minimum atomic E-state index is 0.354. The van der Waals surface area contributed by atoms with Crippen molar-refractivity contribution in [1.82, 2.24) is 4.98 Å². The summed E-state index contributed by atoms with van der Waals surface area (Å²) in [4.78, 5) is 4.19. The van der Waals surface area contributed by atoms with E-state index in [-0.39, 0.29) is 0 Å². The Morgan fingerprint density at radius 2 is 1.94 bits per heavy atom. The number of rotatable bonds is 2. The zero-order valence-corrected chi connectivity index (χ0v) is 10.8. The van der Waals surface area contributed by atoms with E-state index in [0.717, 1.165) is 0 Å². The summed E-state index contributed by atoms with van der Waals surface area (Å²) in [5.74, 6) is 0.958. The number of nitrogens with zero attached hydrogens (tertiary/aromatic N) is 1. The van der Waals surface area contributed by atoms with Crippen molar-refractivity contribution in [3.05, 3.63) is 22.3 Å². The third kappa shape index (κ3) is 1.83. The van der Waals surface area contributed by atoms with Gasteiger partial charge in [0.1, 0.15) is 17.0 Å². The summed E-state index contributed by atoms with van der Waals surface area (Å²) >= 11 is 12.2. The highest BCUT2D eigenvalue weighted by atomic mass is 35.5. The SMILES string of the molecule is COc1cc(Cl)c(OC)c2c(Cl)c(N)cnc12. The van der Waals surface area contributed by atoms with Gasteiger partial charge in [0.05, 0.1) is 41.5 Å². The molecule has 2 aromatic rings. The Morgan fingerprint density at radius 1 is 1.24 bits per heavy atom. The predicted molar refractivity (Wildman–Crippen MR) is 69.3 cm³/mol. The molecule has 0 aliphatic carbocycles. The first kappa shape index (κ1) is 12.1. The van der Waals surface area contributed by atoms with E-state index in [4.69, 9.17) is 38.4 Å². The quantitative estimate of drug-likeness (QED) is 0.913. The van der Waals surface area contributed by atoms with Crippen LogP contribution in [-0.4, -0.2) is 19.2 Å². The number of hydrogen-bond donors (Lipinski definition) is 1. The number of nitrogen functional groups attached to an aromatic ring is 1. The largest absolute Gasteiger partial charge is 0.494 e. The molecule has 2 rings (SSSR count). The molecule has 17 heavy (non-hydrogen) atoms. The van der Waals surface area contributed by atoms with E-state index >= 15 is 0 Å². The van der Waals surface area contributed by atoms with Crippen molar-refractivity contribution in [3.63, 3.8) is 0 Å². The fraction of sp³-hybridized carbons (Fsp3) is 0.182. The topological polar surface area (TPSA) is 57.4 Å². The second-order valence-corrected chi connectivity index (χ2v) is 4.13. The van der Waals surface area contributed by atoms with Crippen LogP contribution in [0.1, 0.15) is 0 Å². The Labute approximate surface area is 108 Å². The molecule has 0 aliphatic heterocycles. The molecule has 0 fully saturated rings. The first-order valence-electron chi connectivity index (χ1n) is 4.74. The van der Waals surface area contributed by atoms with Crippen LogP contribution >= 0.6 is 23.2 Å². The van der Waals surface area contributed by atoms with Crippen LogP contribution < -0.4 is 15.2 Å². The second-order valence-electron chi connectivity index (χ2n) is 3.35. The van der Waals surface area contributed by atoms with Gasteiger partial charge in [0.2, 0.25) is 0 Å². The van der Waals surface area contributed by atoms with E-state index in [2.05, 4.69) is 4.98 Å². The van der Waals surface area contributed by atoms with E-state index < -0.39 is 0 Å². The molecule has 0 unspecified atom stereocenters. The molecule has 1 aromatic heterocycles. The molecule has 0 saturated carbocycles. The summed E-state index contributed by atoms with van der Waals surface area (Å²) in [6, 6.07) is 1.63. The fourth-order valence-corrected chi connectivity index (χ4v) is 2.12. The van der Waals surface area contributed by atoms with Crippen LogP contribution in [0.15, 0.2) is 12.3 Å². The van der Waals surface area contributed by atoms with Crippen LogP contribution in [-0.2, 0) is 0 Å². The highest BCUT2D eigenvalue weighted by Crippen LogP contribution is 2.43. The number of aromatic nitrogens is 1. The molecule has 2 N–H and O–H groups in total. The van der Waals surface area contributed by atoms with Crippen LogP contribution in [0, 0.1) is 0 Å². The maximum absolute atomic E-state index is 6.15. The summed E-state index contributed by atoms with van der Waals surface area (Å²) in [6.45, 7) is 0. The second kappa shape index (κ2) is 4.47. The third-order valence-electron chi connectivity index (χ3n) is 2.40. The van der Waals surface area contributed by atoms with Crippen molar-refractivity contribution in [2.75, 3.05) is 20.0 Å². The summed E-state index contributed by atoms with van der Waals surface area (Å²) < 4.78 is 10.4. The average Bonchev–Trinajstić information content (AvgIpc) is 2.33. The molecular weight excluding hydrogens is 263 g/mol. The van der Waals surface area contributed by atoms with Crippen LogP contribution in [0.3, 0.4) is 0 Å². The van der Waals surface area contributed by atoms with Gasteiger partial charge in [0.25, 0.3) is 0 Å². The predicted octanol–water partition coefficient (Wildman–Crippen LogP) is 3.14. The third-order valence-corrected chi connectivity index (χ3v) is 3.09. The van der Waals surface area contributed by atoms with E-state index in [1.807, 2.05) is 0 Å². The number of halogens is 2.